The number of ether oxygens (including phenoxy) is 1. The summed E-state index contributed by atoms with van der Waals surface area (Å²) in [5.41, 5.74) is 6.93. The fourth-order valence-corrected chi connectivity index (χ4v) is 2.35. The SMILES string of the molecule is CN(C)C(CN=C(N)N1CCOCC1)c1cccc(F)c1. The molecule has 2 N–H and O–H groups in total. The molecule has 5 nitrogen and oxygen atoms in total. The summed E-state index contributed by atoms with van der Waals surface area (Å²) < 4.78 is 18.7. The van der Waals surface area contributed by atoms with Gasteiger partial charge in [-0.15, -0.1) is 0 Å². The van der Waals surface area contributed by atoms with Crippen molar-refractivity contribution in [2.45, 2.75) is 6.04 Å². The van der Waals surface area contributed by atoms with E-state index < -0.39 is 0 Å². The average Bonchev–Trinajstić information content (AvgIpc) is 2.48. The summed E-state index contributed by atoms with van der Waals surface area (Å²) in [6, 6.07) is 6.62. The summed E-state index contributed by atoms with van der Waals surface area (Å²) in [6.07, 6.45) is 0. The van der Waals surface area contributed by atoms with Gasteiger partial charge in [0.25, 0.3) is 0 Å². The molecule has 1 heterocycles. The van der Waals surface area contributed by atoms with Crippen molar-refractivity contribution in [3.05, 3.63) is 35.6 Å². The van der Waals surface area contributed by atoms with Crippen LogP contribution in [0.25, 0.3) is 0 Å². The number of hydrogen-bond acceptors (Lipinski definition) is 3. The minimum atomic E-state index is -0.232. The first kappa shape index (κ1) is 15.7. The Morgan fingerprint density at radius 2 is 2.14 bits per heavy atom. The summed E-state index contributed by atoms with van der Waals surface area (Å²) in [5.74, 6) is 0.297. The number of benzene rings is 1. The molecule has 0 saturated carbocycles. The van der Waals surface area contributed by atoms with Gasteiger partial charge in [0.15, 0.2) is 5.96 Å². The maximum absolute atomic E-state index is 13.4. The first-order valence-corrected chi connectivity index (χ1v) is 7.12. The van der Waals surface area contributed by atoms with E-state index >= 15 is 0 Å². The Bertz CT molecular complexity index is 486. The van der Waals surface area contributed by atoms with Crippen molar-refractivity contribution in [3.8, 4) is 0 Å². The van der Waals surface area contributed by atoms with Gasteiger partial charge >= 0.3 is 0 Å². The first-order chi connectivity index (χ1) is 10.1. The van der Waals surface area contributed by atoms with Gasteiger partial charge in [-0.1, -0.05) is 12.1 Å². The number of hydrogen-bond donors (Lipinski definition) is 1. The summed E-state index contributed by atoms with van der Waals surface area (Å²) in [4.78, 5) is 8.51. The molecule has 0 aromatic heterocycles. The monoisotopic (exact) mass is 294 g/mol. The van der Waals surface area contributed by atoms with Crippen LogP contribution in [0.1, 0.15) is 11.6 Å². The Labute approximate surface area is 125 Å². The van der Waals surface area contributed by atoms with Crippen molar-refractivity contribution in [2.24, 2.45) is 10.7 Å². The van der Waals surface area contributed by atoms with Gasteiger partial charge in [-0.2, -0.15) is 0 Å². The second-order valence-electron chi connectivity index (χ2n) is 5.33. The van der Waals surface area contributed by atoms with Crippen LogP contribution >= 0.6 is 0 Å². The van der Waals surface area contributed by atoms with Gasteiger partial charge < -0.3 is 20.3 Å². The van der Waals surface area contributed by atoms with Gasteiger partial charge in [-0.25, -0.2) is 4.39 Å². The highest BCUT2D eigenvalue weighted by Crippen LogP contribution is 2.19. The van der Waals surface area contributed by atoms with E-state index in [0.717, 1.165) is 18.7 Å². The van der Waals surface area contributed by atoms with E-state index in [1.54, 1.807) is 12.1 Å². The van der Waals surface area contributed by atoms with E-state index in [9.17, 15) is 4.39 Å². The molecule has 1 aromatic carbocycles. The Morgan fingerprint density at radius 1 is 1.43 bits per heavy atom. The van der Waals surface area contributed by atoms with Crippen LogP contribution in [0.5, 0.6) is 0 Å². The lowest BCUT2D eigenvalue weighted by Crippen LogP contribution is -2.45. The predicted octanol–water partition coefficient (Wildman–Crippen LogP) is 1.08. The minimum Gasteiger partial charge on any atom is -0.378 e. The van der Waals surface area contributed by atoms with Crippen molar-refractivity contribution in [2.75, 3.05) is 46.9 Å². The predicted molar refractivity (Wildman–Crippen MR) is 81.7 cm³/mol. The van der Waals surface area contributed by atoms with Crippen molar-refractivity contribution in [3.63, 3.8) is 0 Å². The lowest BCUT2D eigenvalue weighted by molar-refractivity contribution is 0.0673. The van der Waals surface area contributed by atoms with Crippen molar-refractivity contribution < 1.29 is 9.13 Å². The van der Waals surface area contributed by atoms with Gasteiger partial charge in [0.1, 0.15) is 5.82 Å². The zero-order chi connectivity index (χ0) is 15.2. The van der Waals surface area contributed by atoms with E-state index in [1.165, 1.54) is 6.07 Å². The van der Waals surface area contributed by atoms with E-state index in [4.69, 9.17) is 10.5 Å². The molecule has 1 aliphatic rings. The van der Waals surface area contributed by atoms with Crippen molar-refractivity contribution in [1.29, 1.82) is 0 Å². The number of nitrogens with zero attached hydrogens (tertiary/aromatic N) is 3. The highest BCUT2D eigenvalue weighted by Gasteiger charge is 2.16. The zero-order valence-electron chi connectivity index (χ0n) is 12.6. The molecule has 0 aliphatic carbocycles. The molecule has 2 rings (SSSR count). The molecule has 6 heteroatoms. The number of guanidine groups is 1. The van der Waals surface area contributed by atoms with E-state index in [2.05, 4.69) is 4.99 Å². The van der Waals surface area contributed by atoms with Crippen molar-refractivity contribution >= 4 is 5.96 Å². The maximum Gasteiger partial charge on any atom is 0.191 e. The van der Waals surface area contributed by atoms with Gasteiger partial charge in [-0.3, -0.25) is 4.99 Å². The molecule has 1 fully saturated rings. The van der Waals surface area contributed by atoms with Gasteiger partial charge in [0, 0.05) is 13.1 Å². The van der Waals surface area contributed by atoms with Gasteiger partial charge in [0.05, 0.1) is 25.8 Å². The fraction of sp³-hybridized carbons (Fsp3) is 0.533. The van der Waals surface area contributed by atoms with Crippen LogP contribution in [0.2, 0.25) is 0 Å². The van der Waals surface area contributed by atoms with Gasteiger partial charge in [0.2, 0.25) is 0 Å². The Morgan fingerprint density at radius 3 is 2.76 bits per heavy atom. The highest BCUT2D eigenvalue weighted by atomic mass is 19.1. The smallest absolute Gasteiger partial charge is 0.191 e. The van der Waals surface area contributed by atoms with E-state index in [1.807, 2.05) is 30.0 Å². The summed E-state index contributed by atoms with van der Waals surface area (Å²) >= 11 is 0. The molecule has 1 unspecified atom stereocenters. The quantitative estimate of drug-likeness (QED) is 0.667. The number of aliphatic imine (C=N–C) groups is 1. The summed E-state index contributed by atoms with van der Waals surface area (Å²) in [6.45, 7) is 3.39. The molecule has 0 spiro atoms. The topological polar surface area (TPSA) is 54.1 Å². The lowest BCUT2D eigenvalue weighted by atomic mass is 10.1. The standard InChI is InChI=1S/C15H23FN4O/c1-19(2)14(12-4-3-5-13(16)10-12)11-18-15(17)20-6-8-21-9-7-20/h3-5,10,14H,6-9,11H2,1-2H3,(H2,17,18). The second-order valence-corrected chi connectivity index (χ2v) is 5.33. The number of halogens is 1. The highest BCUT2D eigenvalue weighted by molar-refractivity contribution is 5.78. The van der Waals surface area contributed by atoms with Crippen LogP contribution < -0.4 is 5.73 Å². The molecule has 21 heavy (non-hydrogen) atoms. The molecule has 0 radical (unpaired) electrons. The second kappa shape index (κ2) is 7.38. The zero-order valence-corrected chi connectivity index (χ0v) is 12.6. The molecular weight excluding hydrogens is 271 g/mol. The number of nitrogens with two attached hydrogens (primary N) is 1. The van der Waals surface area contributed by atoms with Crippen LogP contribution in [-0.4, -0.2) is 62.7 Å². The lowest BCUT2D eigenvalue weighted by Gasteiger charge is -2.28. The van der Waals surface area contributed by atoms with Crippen LogP contribution in [-0.2, 0) is 4.74 Å². The summed E-state index contributed by atoms with van der Waals surface area (Å²) in [7, 11) is 3.91. The van der Waals surface area contributed by atoms with Crippen LogP contribution in [0.3, 0.4) is 0 Å². The summed E-state index contributed by atoms with van der Waals surface area (Å²) in [5, 5.41) is 0. The first-order valence-electron chi connectivity index (χ1n) is 7.12. The molecule has 116 valence electrons. The Hall–Kier alpha value is -1.66. The third-order valence-electron chi connectivity index (χ3n) is 3.62. The van der Waals surface area contributed by atoms with Crippen LogP contribution in [0, 0.1) is 5.82 Å². The third kappa shape index (κ3) is 4.41. The minimum absolute atomic E-state index is 0.000269. The van der Waals surface area contributed by atoms with Gasteiger partial charge in [-0.05, 0) is 31.8 Å². The van der Waals surface area contributed by atoms with Crippen molar-refractivity contribution in [1.82, 2.24) is 9.80 Å². The molecule has 0 bridgehead atoms. The average molecular weight is 294 g/mol. The molecule has 1 saturated heterocycles. The molecule has 1 aliphatic heterocycles. The molecular formula is C15H23FN4O. The molecule has 1 atom stereocenters. The largest absolute Gasteiger partial charge is 0.378 e. The molecule has 1 aromatic rings. The number of morpholine rings is 1. The Balaban J connectivity index is 2.06. The Kier molecular flexibility index (Phi) is 5.52. The molecule has 0 amide bonds. The number of rotatable bonds is 4. The normalized spacial score (nSPS) is 18.1. The van der Waals surface area contributed by atoms with Crippen LogP contribution in [0.4, 0.5) is 4.39 Å². The number of likely N-dealkylation sites (N-methyl/N-ethyl adjacent to an activating group) is 1. The van der Waals surface area contributed by atoms with Crippen LogP contribution in [0.15, 0.2) is 29.3 Å². The van der Waals surface area contributed by atoms with E-state index in [0.29, 0.717) is 25.7 Å². The maximum atomic E-state index is 13.4. The van der Waals surface area contributed by atoms with E-state index in [-0.39, 0.29) is 11.9 Å². The fourth-order valence-electron chi connectivity index (χ4n) is 2.35. The third-order valence-corrected chi connectivity index (χ3v) is 3.62.